The number of piperidine rings is 1. The van der Waals surface area contributed by atoms with E-state index in [1.54, 1.807) is 30.5 Å². The van der Waals surface area contributed by atoms with Crippen molar-refractivity contribution in [2.24, 2.45) is 5.92 Å². The van der Waals surface area contributed by atoms with Crippen LogP contribution in [0.15, 0.2) is 47.1 Å². The molecule has 0 saturated carbocycles. The van der Waals surface area contributed by atoms with Gasteiger partial charge in [-0.3, -0.25) is 4.90 Å². The molecule has 8 heteroatoms. The second-order valence-corrected chi connectivity index (χ2v) is 8.57. The molecule has 4 aromatic rings. The minimum absolute atomic E-state index is 0.00165. The molecule has 0 amide bonds. The fourth-order valence-corrected chi connectivity index (χ4v) is 5.21. The fraction of sp³-hybridized carbons (Fsp3) is 0.333. The van der Waals surface area contributed by atoms with Gasteiger partial charge in [-0.2, -0.15) is 9.50 Å². The lowest BCUT2D eigenvalue weighted by atomic mass is 9.95. The van der Waals surface area contributed by atoms with E-state index in [9.17, 15) is 9.50 Å². The number of thiazole rings is 1. The van der Waals surface area contributed by atoms with E-state index in [1.807, 2.05) is 6.07 Å². The molecule has 6 nitrogen and oxygen atoms in total. The normalized spacial score (nSPS) is 19.0. The van der Waals surface area contributed by atoms with E-state index in [-0.39, 0.29) is 17.7 Å². The third-order valence-electron chi connectivity index (χ3n) is 5.44. The lowest BCUT2D eigenvalue weighted by Crippen LogP contribution is -2.38. The minimum atomic E-state index is -0.375. The third-order valence-corrected chi connectivity index (χ3v) is 6.52. The van der Waals surface area contributed by atoms with Gasteiger partial charge < -0.3 is 9.52 Å². The highest BCUT2D eigenvalue weighted by Crippen LogP contribution is 2.42. The number of benzene rings is 1. The molecule has 1 N–H and O–H groups in total. The molecule has 3 aromatic heterocycles. The van der Waals surface area contributed by atoms with Crippen molar-refractivity contribution >= 4 is 16.3 Å². The van der Waals surface area contributed by atoms with Crippen LogP contribution in [0.5, 0.6) is 5.88 Å². The van der Waals surface area contributed by atoms with Crippen molar-refractivity contribution < 1.29 is 13.9 Å². The number of hydrogen-bond donors (Lipinski definition) is 1. The fourth-order valence-electron chi connectivity index (χ4n) is 4.10. The van der Waals surface area contributed by atoms with E-state index in [2.05, 4.69) is 21.9 Å². The second-order valence-electron chi connectivity index (χ2n) is 7.56. The Bertz CT molecular complexity index is 1140. The first-order valence-electron chi connectivity index (χ1n) is 9.72. The first-order chi connectivity index (χ1) is 14.1. The number of likely N-dealkylation sites (tertiary alicyclic amines) is 1. The van der Waals surface area contributed by atoms with Crippen molar-refractivity contribution in [1.29, 1.82) is 0 Å². The maximum absolute atomic E-state index is 14.8. The van der Waals surface area contributed by atoms with E-state index >= 15 is 0 Å². The summed E-state index contributed by atoms with van der Waals surface area (Å²) in [5.41, 5.74) is 0.563. The summed E-state index contributed by atoms with van der Waals surface area (Å²) in [5.74, 6) is 1.20. The van der Waals surface area contributed by atoms with Crippen LogP contribution >= 0.6 is 11.3 Å². The SMILES string of the molecule is C[C@@H]1CCCN([C@@H](c2ccccc2F)c2sc3nc(-c4ccco4)nn3c2O)C1. The highest BCUT2D eigenvalue weighted by molar-refractivity contribution is 7.17. The van der Waals surface area contributed by atoms with Gasteiger partial charge in [0.15, 0.2) is 5.76 Å². The maximum Gasteiger partial charge on any atom is 0.230 e. The molecule has 1 saturated heterocycles. The Kier molecular flexibility index (Phi) is 4.60. The summed E-state index contributed by atoms with van der Waals surface area (Å²) in [6.07, 6.45) is 3.77. The smallest absolute Gasteiger partial charge is 0.230 e. The topological polar surface area (TPSA) is 66.8 Å². The van der Waals surface area contributed by atoms with Gasteiger partial charge in [0.1, 0.15) is 5.82 Å². The monoisotopic (exact) mass is 412 g/mol. The van der Waals surface area contributed by atoms with E-state index in [1.165, 1.54) is 21.9 Å². The van der Waals surface area contributed by atoms with Gasteiger partial charge in [-0.05, 0) is 43.5 Å². The first-order valence-corrected chi connectivity index (χ1v) is 10.5. The van der Waals surface area contributed by atoms with Gasteiger partial charge in [0, 0.05) is 12.1 Å². The van der Waals surface area contributed by atoms with Crippen LogP contribution in [0.3, 0.4) is 0 Å². The summed E-state index contributed by atoms with van der Waals surface area (Å²) in [5, 5.41) is 15.4. The molecule has 1 aliphatic heterocycles. The quantitative estimate of drug-likeness (QED) is 0.526. The summed E-state index contributed by atoms with van der Waals surface area (Å²) >= 11 is 1.34. The number of aromatic nitrogens is 3. The predicted molar refractivity (Wildman–Crippen MR) is 108 cm³/mol. The Morgan fingerprint density at radius 3 is 2.86 bits per heavy atom. The maximum atomic E-state index is 14.8. The van der Waals surface area contributed by atoms with Gasteiger partial charge in [0.2, 0.25) is 16.7 Å². The predicted octanol–water partition coefficient (Wildman–Crippen LogP) is 4.72. The molecule has 150 valence electrons. The van der Waals surface area contributed by atoms with Crippen molar-refractivity contribution in [3.63, 3.8) is 0 Å². The van der Waals surface area contributed by atoms with Gasteiger partial charge in [-0.25, -0.2) is 4.39 Å². The van der Waals surface area contributed by atoms with Gasteiger partial charge in [0.25, 0.3) is 0 Å². The molecule has 1 aliphatic rings. The number of rotatable bonds is 4. The number of halogens is 1. The highest BCUT2D eigenvalue weighted by Gasteiger charge is 2.33. The molecule has 5 rings (SSSR count). The lowest BCUT2D eigenvalue weighted by molar-refractivity contribution is 0.147. The molecule has 2 atom stereocenters. The zero-order valence-corrected chi connectivity index (χ0v) is 16.8. The van der Waals surface area contributed by atoms with Crippen molar-refractivity contribution in [1.82, 2.24) is 19.5 Å². The third kappa shape index (κ3) is 3.22. The van der Waals surface area contributed by atoms with Crippen LogP contribution in [-0.2, 0) is 0 Å². The molecule has 0 aliphatic carbocycles. The average molecular weight is 412 g/mol. The van der Waals surface area contributed by atoms with Crippen LogP contribution in [0.25, 0.3) is 16.5 Å². The molecule has 0 unspecified atom stereocenters. The van der Waals surface area contributed by atoms with E-state index < -0.39 is 0 Å². The van der Waals surface area contributed by atoms with Crippen molar-refractivity contribution in [3.05, 3.63) is 58.9 Å². The Labute approximate surface area is 171 Å². The molecular weight excluding hydrogens is 391 g/mol. The van der Waals surface area contributed by atoms with Crippen LogP contribution in [-0.4, -0.2) is 37.7 Å². The Hall–Kier alpha value is -2.71. The van der Waals surface area contributed by atoms with Gasteiger partial charge in [-0.15, -0.1) is 5.10 Å². The summed E-state index contributed by atoms with van der Waals surface area (Å²) in [4.78, 5) is 7.96. The summed E-state index contributed by atoms with van der Waals surface area (Å²) in [7, 11) is 0. The lowest BCUT2D eigenvalue weighted by Gasteiger charge is -2.37. The zero-order chi connectivity index (χ0) is 20.0. The Morgan fingerprint density at radius 1 is 1.28 bits per heavy atom. The standard InChI is InChI=1S/C21H21FN4O2S/c1-13-6-4-10-25(12-13)17(14-7-2-3-8-15(14)22)18-20(27)26-21(29-18)23-19(24-26)16-9-5-11-28-16/h2-3,5,7-9,11,13,17,27H,4,6,10,12H2,1H3/t13-,17+/m1/s1. The molecule has 0 radical (unpaired) electrons. The van der Waals surface area contributed by atoms with Crippen LogP contribution in [0.2, 0.25) is 0 Å². The minimum Gasteiger partial charge on any atom is -0.492 e. The molecule has 0 bridgehead atoms. The number of nitrogens with zero attached hydrogens (tertiary/aromatic N) is 4. The second kappa shape index (κ2) is 7.27. The largest absolute Gasteiger partial charge is 0.492 e. The number of fused-ring (bicyclic) bond motifs is 1. The van der Waals surface area contributed by atoms with Crippen LogP contribution in [0.1, 0.15) is 36.2 Å². The number of hydrogen-bond acceptors (Lipinski definition) is 6. The first kappa shape index (κ1) is 18.3. The van der Waals surface area contributed by atoms with Gasteiger partial charge in [0.05, 0.1) is 17.2 Å². The molecule has 4 heterocycles. The van der Waals surface area contributed by atoms with Gasteiger partial charge in [-0.1, -0.05) is 36.5 Å². The van der Waals surface area contributed by atoms with Crippen LogP contribution in [0.4, 0.5) is 4.39 Å². The Balaban J connectivity index is 1.62. The van der Waals surface area contributed by atoms with Crippen molar-refractivity contribution in [2.75, 3.05) is 13.1 Å². The molecular formula is C21H21FN4O2S. The molecule has 0 spiro atoms. The molecule has 1 fully saturated rings. The number of furan rings is 1. The van der Waals surface area contributed by atoms with Crippen LogP contribution in [0, 0.1) is 11.7 Å². The van der Waals surface area contributed by atoms with Crippen molar-refractivity contribution in [2.45, 2.75) is 25.8 Å². The molecule has 29 heavy (non-hydrogen) atoms. The Morgan fingerprint density at radius 2 is 2.14 bits per heavy atom. The van der Waals surface area contributed by atoms with E-state index in [0.29, 0.717) is 32.9 Å². The number of aromatic hydroxyl groups is 1. The average Bonchev–Trinajstić information content (AvgIpc) is 3.43. The molecule has 1 aromatic carbocycles. The van der Waals surface area contributed by atoms with E-state index in [0.717, 1.165) is 25.9 Å². The van der Waals surface area contributed by atoms with Crippen molar-refractivity contribution in [3.8, 4) is 17.5 Å². The summed E-state index contributed by atoms with van der Waals surface area (Å²) < 4.78 is 21.6. The van der Waals surface area contributed by atoms with Crippen LogP contribution < -0.4 is 0 Å². The summed E-state index contributed by atoms with van der Waals surface area (Å²) in [6.45, 7) is 3.92. The van der Waals surface area contributed by atoms with E-state index in [4.69, 9.17) is 4.42 Å². The zero-order valence-electron chi connectivity index (χ0n) is 16.0. The van der Waals surface area contributed by atoms with Gasteiger partial charge >= 0.3 is 0 Å². The highest BCUT2D eigenvalue weighted by atomic mass is 32.1. The summed E-state index contributed by atoms with van der Waals surface area (Å²) in [6, 6.07) is 9.95.